The van der Waals surface area contributed by atoms with Gasteiger partial charge in [0.2, 0.25) is 0 Å². The predicted octanol–water partition coefficient (Wildman–Crippen LogP) is 3.95. The number of carbonyl (C=O) groups is 1. The van der Waals surface area contributed by atoms with Gasteiger partial charge in [0.25, 0.3) is 0 Å². The molecule has 2 heteroatoms. The van der Waals surface area contributed by atoms with Crippen molar-refractivity contribution < 1.29 is 9.90 Å². The first kappa shape index (κ1) is 14.5. The molecular formula is C13H26O2. The maximum absolute atomic E-state index is 10.3. The molecule has 15 heavy (non-hydrogen) atoms. The highest BCUT2D eigenvalue weighted by molar-refractivity contribution is 5.66. The summed E-state index contributed by atoms with van der Waals surface area (Å²) in [4.78, 5) is 10.3. The van der Waals surface area contributed by atoms with Crippen molar-refractivity contribution in [2.45, 2.75) is 59.8 Å². The van der Waals surface area contributed by atoms with Crippen LogP contribution in [0, 0.1) is 17.8 Å². The highest BCUT2D eigenvalue weighted by Gasteiger charge is 2.10. The number of rotatable bonds is 8. The molecule has 2 unspecified atom stereocenters. The van der Waals surface area contributed by atoms with Crippen LogP contribution in [0.15, 0.2) is 0 Å². The van der Waals surface area contributed by atoms with Crippen molar-refractivity contribution in [1.29, 1.82) is 0 Å². The van der Waals surface area contributed by atoms with Gasteiger partial charge in [0.05, 0.1) is 0 Å². The van der Waals surface area contributed by atoms with E-state index in [1.54, 1.807) is 0 Å². The molecule has 0 aromatic rings. The Balaban J connectivity index is 3.54. The molecule has 0 rings (SSSR count). The summed E-state index contributed by atoms with van der Waals surface area (Å²) >= 11 is 0. The lowest BCUT2D eigenvalue weighted by atomic mass is 9.88. The Labute approximate surface area is 94.1 Å². The lowest BCUT2D eigenvalue weighted by Gasteiger charge is -2.18. The molecule has 2 nitrogen and oxygen atoms in total. The second kappa shape index (κ2) is 7.72. The monoisotopic (exact) mass is 214 g/mol. The molecular weight excluding hydrogens is 188 g/mol. The Morgan fingerprint density at radius 2 is 1.67 bits per heavy atom. The lowest BCUT2D eigenvalue weighted by molar-refractivity contribution is -0.137. The van der Waals surface area contributed by atoms with Crippen LogP contribution in [0.3, 0.4) is 0 Å². The van der Waals surface area contributed by atoms with E-state index in [2.05, 4.69) is 27.7 Å². The van der Waals surface area contributed by atoms with E-state index >= 15 is 0 Å². The number of aliphatic carboxylic acids is 1. The zero-order chi connectivity index (χ0) is 11.8. The van der Waals surface area contributed by atoms with Crippen molar-refractivity contribution in [3.8, 4) is 0 Å². The molecule has 0 radical (unpaired) electrons. The van der Waals surface area contributed by atoms with E-state index in [4.69, 9.17) is 5.11 Å². The third-order valence-electron chi connectivity index (χ3n) is 2.77. The summed E-state index contributed by atoms with van der Waals surface area (Å²) < 4.78 is 0. The van der Waals surface area contributed by atoms with Gasteiger partial charge in [0.1, 0.15) is 0 Å². The van der Waals surface area contributed by atoms with Crippen LogP contribution in [0.5, 0.6) is 0 Å². The first-order valence-electron chi connectivity index (χ1n) is 6.13. The first-order chi connectivity index (χ1) is 6.91. The van der Waals surface area contributed by atoms with Gasteiger partial charge in [-0.25, -0.2) is 0 Å². The van der Waals surface area contributed by atoms with Gasteiger partial charge < -0.3 is 5.11 Å². The van der Waals surface area contributed by atoms with Crippen molar-refractivity contribution in [1.82, 2.24) is 0 Å². The standard InChI is InChI=1S/C13H26O2/c1-10(2)8-12(4)9-11(3)6-5-7-13(14)15/h10-12H,5-9H2,1-4H3,(H,14,15). The van der Waals surface area contributed by atoms with Crippen LogP contribution in [-0.4, -0.2) is 11.1 Å². The van der Waals surface area contributed by atoms with Gasteiger partial charge in [0, 0.05) is 6.42 Å². The van der Waals surface area contributed by atoms with E-state index in [0.29, 0.717) is 12.3 Å². The Bertz CT molecular complexity index is 175. The van der Waals surface area contributed by atoms with Crippen LogP contribution in [-0.2, 0) is 4.79 Å². The average molecular weight is 214 g/mol. The van der Waals surface area contributed by atoms with Crippen LogP contribution >= 0.6 is 0 Å². The summed E-state index contributed by atoms with van der Waals surface area (Å²) in [5.74, 6) is 1.53. The fourth-order valence-electron chi connectivity index (χ4n) is 2.31. The lowest BCUT2D eigenvalue weighted by Crippen LogP contribution is -2.07. The largest absolute Gasteiger partial charge is 0.481 e. The second-order valence-corrected chi connectivity index (χ2v) is 5.36. The minimum atomic E-state index is -0.669. The number of carboxylic acid groups (broad SMARTS) is 1. The molecule has 0 aromatic heterocycles. The highest BCUT2D eigenvalue weighted by Crippen LogP contribution is 2.22. The highest BCUT2D eigenvalue weighted by atomic mass is 16.4. The van der Waals surface area contributed by atoms with E-state index in [-0.39, 0.29) is 0 Å². The Morgan fingerprint density at radius 3 is 2.13 bits per heavy atom. The molecule has 0 bridgehead atoms. The minimum Gasteiger partial charge on any atom is -0.481 e. The van der Waals surface area contributed by atoms with Gasteiger partial charge in [-0.3, -0.25) is 4.79 Å². The van der Waals surface area contributed by atoms with Gasteiger partial charge >= 0.3 is 5.97 Å². The molecule has 90 valence electrons. The summed E-state index contributed by atoms with van der Waals surface area (Å²) in [6.45, 7) is 9.05. The molecule has 0 saturated carbocycles. The zero-order valence-electron chi connectivity index (χ0n) is 10.6. The summed E-state index contributed by atoms with van der Waals surface area (Å²) in [6.07, 6.45) is 4.71. The molecule has 0 fully saturated rings. The SMILES string of the molecule is CC(C)CC(C)CC(C)CCCC(=O)O. The molecule has 0 spiro atoms. The normalized spacial score (nSPS) is 15.3. The quantitative estimate of drug-likeness (QED) is 0.664. The van der Waals surface area contributed by atoms with Crippen LogP contribution in [0.2, 0.25) is 0 Å². The smallest absolute Gasteiger partial charge is 0.303 e. The van der Waals surface area contributed by atoms with Crippen LogP contribution in [0.25, 0.3) is 0 Å². The third-order valence-corrected chi connectivity index (χ3v) is 2.77. The van der Waals surface area contributed by atoms with Crippen molar-refractivity contribution in [2.75, 3.05) is 0 Å². The zero-order valence-corrected chi connectivity index (χ0v) is 10.6. The molecule has 0 heterocycles. The van der Waals surface area contributed by atoms with Crippen LogP contribution in [0.4, 0.5) is 0 Å². The molecule has 0 aromatic carbocycles. The molecule has 0 aliphatic heterocycles. The van der Waals surface area contributed by atoms with E-state index < -0.39 is 5.97 Å². The fraction of sp³-hybridized carbons (Fsp3) is 0.923. The van der Waals surface area contributed by atoms with E-state index in [1.165, 1.54) is 12.8 Å². The fourth-order valence-corrected chi connectivity index (χ4v) is 2.31. The van der Waals surface area contributed by atoms with Crippen molar-refractivity contribution in [3.63, 3.8) is 0 Å². The average Bonchev–Trinajstić information content (AvgIpc) is 2.00. The Kier molecular flexibility index (Phi) is 7.45. The Hall–Kier alpha value is -0.530. The maximum atomic E-state index is 10.3. The third kappa shape index (κ3) is 9.77. The summed E-state index contributed by atoms with van der Waals surface area (Å²) in [7, 11) is 0. The van der Waals surface area contributed by atoms with Crippen LogP contribution in [0.1, 0.15) is 59.8 Å². The second-order valence-electron chi connectivity index (χ2n) is 5.36. The minimum absolute atomic E-state index is 0.322. The van der Waals surface area contributed by atoms with Crippen LogP contribution < -0.4 is 0 Å². The first-order valence-corrected chi connectivity index (χ1v) is 6.13. The number of hydrogen-bond acceptors (Lipinski definition) is 1. The summed E-state index contributed by atoms with van der Waals surface area (Å²) in [5, 5.41) is 8.53. The van der Waals surface area contributed by atoms with E-state index in [9.17, 15) is 4.79 Å². The van der Waals surface area contributed by atoms with Crippen molar-refractivity contribution in [3.05, 3.63) is 0 Å². The van der Waals surface area contributed by atoms with Crippen molar-refractivity contribution in [2.24, 2.45) is 17.8 Å². The number of hydrogen-bond donors (Lipinski definition) is 1. The summed E-state index contributed by atoms with van der Waals surface area (Å²) in [6, 6.07) is 0. The van der Waals surface area contributed by atoms with E-state index in [0.717, 1.165) is 24.7 Å². The van der Waals surface area contributed by atoms with Gasteiger partial charge in [-0.05, 0) is 37.0 Å². The molecule has 2 atom stereocenters. The van der Waals surface area contributed by atoms with E-state index in [1.807, 2.05) is 0 Å². The predicted molar refractivity (Wildman–Crippen MR) is 63.9 cm³/mol. The number of carboxylic acids is 1. The molecule has 1 N–H and O–H groups in total. The Morgan fingerprint density at radius 1 is 1.07 bits per heavy atom. The maximum Gasteiger partial charge on any atom is 0.303 e. The van der Waals surface area contributed by atoms with Gasteiger partial charge in [-0.2, -0.15) is 0 Å². The molecule has 0 aliphatic carbocycles. The molecule has 0 saturated heterocycles. The topological polar surface area (TPSA) is 37.3 Å². The van der Waals surface area contributed by atoms with Gasteiger partial charge in [-0.15, -0.1) is 0 Å². The molecule has 0 amide bonds. The van der Waals surface area contributed by atoms with Crippen molar-refractivity contribution >= 4 is 5.97 Å². The summed E-state index contributed by atoms with van der Waals surface area (Å²) in [5.41, 5.74) is 0. The van der Waals surface area contributed by atoms with Gasteiger partial charge in [0.15, 0.2) is 0 Å². The molecule has 0 aliphatic rings. The van der Waals surface area contributed by atoms with Gasteiger partial charge in [-0.1, -0.05) is 34.1 Å².